The maximum absolute atomic E-state index is 15.7. The van der Waals surface area contributed by atoms with Crippen molar-refractivity contribution in [3.05, 3.63) is 77.2 Å². The molecule has 4 rings (SSSR count). The zero-order valence-corrected chi connectivity index (χ0v) is 20.9. The summed E-state index contributed by atoms with van der Waals surface area (Å²) in [6.45, 7) is 1.99. The summed E-state index contributed by atoms with van der Waals surface area (Å²) in [4.78, 5) is 17.0. The van der Waals surface area contributed by atoms with Crippen LogP contribution >= 0.6 is 0 Å². The molecule has 0 spiro atoms. The predicted octanol–water partition coefficient (Wildman–Crippen LogP) is 5.91. The first-order valence-corrected chi connectivity index (χ1v) is 12.2. The van der Waals surface area contributed by atoms with E-state index in [2.05, 4.69) is 4.98 Å². The van der Waals surface area contributed by atoms with Gasteiger partial charge in [-0.3, -0.25) is 4.79 Å². The van der Waals surface area contributed by atoms with Gasteiger partial charge in [-0.05, 0) is 37.5 Å². The van der Waals surface area contributed by atoms with E-state index >= 15 is 4.39 Å². The summed E-state index contributed by atoms with van der Waals surface area (Å²) in [6.07, 6.45) is 1.58. The van der Waals surface area contributed by atoms with Crippen LogP contribution in [-0.2, 0) is 16.1 Å². The number of ether oxygens (including phenoxy) is 3. The van der Waals surface area contributed by atoms with E-state index < -0.39 is 47.1 Å². The van der Waals surface area contributed by atoms with Crippen LogP contribution in [0.15, 0.2) is 48.5 Å². The van der Waals surface area contributed by atoms with Gasteiger partial charge in [-0.15, -0.1) is 0 Å². The third-order valence-corrected chi connectivity index (χ3v) is 6.42. The Morgan fingerprint density at radius 1 is 1.11 bits per heavy atom. The van der Waals surface area contributed by atoms with Gasteiger partial charge in [0.1, 0.15) is 12.3 Å². The van der Waals surface area contributed by atoms with E-state index in [1.165, 1.54) is 30.1 Å². The molecule has 198 valence electrons. The number of anilines is 1. The standard InChI is InChI=1S/C28H26F3N3O4/c1-3-36-28(35)19-10-7-11-20(19)34(2)25-23(29)26(31)33-27(24(25)30)38-22-14-18(15-32)12-13-21(22)37-16-17-8-5-4-6-9-17/h4-6,8-9,12-14,19-20H,3,7,10-11,16H2,1-2H3. The maximum atomic E-state index is 15.7. The number of nitrogens with zero attached hydrogens (tertiary/aromatic N) is 3. The zero-order chi connectivity index (χ0) is 27.2. The molecule has 7 nitrogen and oxygen atoms in total. The Bertz CT molecular complexity index is 1350. The van der Waals surface area contributed by atoms with Gasteiger partial charge in [0.05, 0.1) is 24.2 Å². The molecule has 1 heterocycles. The number of carbonyl (C=O) groups is 1. The molecule has 0 saturated heterocycles. The number of hydrogen-bond donors (Lipinski definition) is 0. The van der Waals surface area contributed by atoms with Crippen molar-refractivity contribution in [2.24, 2.45) is 5.92 Å². The SMILES string of the molecule is CCOC(=O)C1CCCC1N(C)c1c(F)c(F)nc(Oc2cc(C#N)ccc2OCc2ccccc2)c1F. The molecule has 10 heteroatoms. The van der Waals surface area contributed by atoms with E-state index in [1.54, 1.807) is 6.92 Å². The van der Waals surface area contributed by atoms with Gasteiger partial charge in [-0.2, -0.15) is 23.4 Å². The molecule has 0 aliphatic heterocycles. The first kappa shape index (κ1) is 26.8. The Labute approximate surface area is 218 Å². The molecule has 1 saturated carbocycles. The summed E-state index contributed by atoms with van der Waals surface area (Å²) >= 11 is 0. The highest BCUT2D eigenvalue weighted by Crippen LogP contribution is 2.40. The summed E-state index contributed by atoms with van der Waals surface area (Å²) in [6, 6.07) is 14.8. The first-order chi connectivity index (χ1) is 18.3. The molecule has 1 aliphatic rings. The van der Waals surface area contributed by atoms with Crippen molar-refractivity contribution in [3.8, 4) is 23.4 Å². The molecule has 3 aromatic rings. The van der Waals surface area contributed by atoms with Crippen LogP contribution in [0.4, 0.5) is 18.9 Å². The summed E-state index contributed by atoms with van der Waals surface area (Å²) in [7, 11) is 1.39. The lowest BCUT2D eigenvalue weighted by Gasteiger charge is -2.31. The molecule has 1 fully saturated rings. The van der Waals surface area contributed by atoms with E-state index in [0.29, 0.717) is 19.3 Å². The topological polar surface area (TPSA) is 84.7 Å². The highest BCUT2D eigenvalue weighted by molar-refractivity contribution is 5.74. The lowest BCUT2D eigenvalue weighted by atomic mass is 10.0. The van der Waals surface area contributed by atoms with E-state index in [9.17, 15) is 18.8 Å². The van der Waals surface area contributed by atoms with Crippen molar-refractivity contribution >= 4 is 11.7 Å². The minimum absolute atomic E-state index is 0.101. The number of nitriles is 1. The second-order valence-electron chi connectivity index (χ2n) is 8.80. The van der Waals surface area contributed by atoms with Crippen LogP contribution in [0.25, 0.3) is 0 Å². The van der Waals surface area contributed by atoms with Crippen molar-refractivity contribution in [1.82, 2.24) is 4.98 Å². The Morgan fingerprint density at radius 2 is 1.87 bits per heavy atom. The monoisotopic (exact) mass is 525 g/mol. The van der Waals surface area contributed by atoms with Crippen LogP contribution in [0.5, 0.6) is 17.4 Å². The van der Waals surface area contributed by atoms with Gasteiger partial charge >= 0.3 is 5.97 Å². The van der Waals surface area contributed by atoms with E-state index in [1.807, 2.05) is 36.4 Å². The number of benzene rings is 2. The maximum Gasteiger partial charge on any atom is 0.311 e. The average molecular weight is 526 g/mol. The summed E-state index contributed by atoms with van der Waals surface area (Å²) in [5.74, 6) is -6.21. The lowest BCUT2D eigenvalue weighted by Crippen LogP contribution is -2.40. The second kappa shape index (κ2) is 11.9. The number of hydrogen-bond acceptors (Lipinski definition) is 7. The number of carbonyl (C=O) groups excluding carboxylic acids is 1. The molecule has 2 atom stereocenters. The smallest absolute Gasteiger partial charge is 0.311 e. The fraction of sp³-hybridized carbons (Fsp3) is 0.321. The van der Waals surface area contributed by atoms with Gasteiger partial charge in [-0.25, -0.2) is 0 Å². The third-order valence-electron chi connectivity index (χ3n) is 6.42. The molecule has 0 radical (unpaired) electrons. The van der Waals surface area contributed by atoms with Crippen LogP contribution in [0, 0.1) is 34.8 Å². The molecule has 1 aliphatic carbocycles. The van der Waals surface area contributed by atoms with Crippen molar-refractivity contribution in [3.63, 3.8) is 0 Å². The summed E-state index contributed by atoms with van der Waals surface area (Å²) in [5, 5.41) is 9.32. The Morgan fingerprint density at radius 3 is 2.58 bits per heavy atom. The third kappa shape index (κ3) is 5.67. The number of esters is 1. The average Bonchev–Trinajstić information content (AvgIpc) is 3.42. The fourth-order valence-electron chi connectivity index (χ4n) is 4.57. The van der Waals surface area contributed by atoms with Crippen LogP contribution in [-0.4, -0.2) is 30.6 Å². The molecule has 2 aromatic carbocycles. The Hall–Kier alpha value is -4.26. The summed E-state index contributed by atoms with van der Waals surface area (Å²) in [5.41, 5.74) is 0.309. The molecule has 2 unspecified atom stereocenters. The van der Waals surface area contributed by atoms with E-state index in [4.69, 9.17) is 14.2 Å². The second-order valence-corrected chi connectivity index (χ2v) is 8.80. The van der Waals surface area contributed by atoms with Gasteiger partial charge in [0.25, 0.3) is 11.8 Å². The normalized spacial score (nSPS) is 16.5. The van der Waals surface area contributed by atoms with Gasteiger partial charge in [0.2, 0.25) is 11.6 Å². The van der Waals surface area contributed by atoms with Crippen molar-refractivity contribution in [2.45, 2.75) is 38.8 Å². The van der Waals surface area contributed by atoms with Crippen LogP contribution in [0.1, 0.15) is 37.3 Å². The fourth-order valence-corrected chi connectivity index (χ4v) is 4.57. The minimum Gasteiger partial charge on any atom is -0.485 e. The van der Waals surface area contributed by atoms with Crippen LogP contribution < -0.4 is 14.4 Å². The van der Waals surface area contributed by atoms with Crippen LogP contribution in [0.3, 0.4) is 0 Å². The molecule has 0 bridgehead atoms. The van der Waals surface area contributed by atoms with Gasteiger partial charge in [0.15, 0.2) is 11.5 Å². The Kier molecular flexibility index (Phi) is 8.36. The molecule has 1 aromatic heterocycles. The van der Waals surface area contributed by atoms with Gasteiger partial charge < -0.3 is 19.1 Å². The number of aromatic nitrogens is 1. The molecular formula is C28H26F3N3O4. The quantitative estimate of drug-likeness (QED) is 0.254. The van der Waals surface area contributed by atoms with Gasteiger partial charge in [-0.1, -0.05) is 36.8 Å². The van der Waals surface area contributed by atoms with Crippen molar-refractivity contribution in [2.75, 3.05) is 18.6 Å². The van der Waals surface area contributed by atoms with Crippen molar-refractivity contribution in [1.29, 1.82) is 5.26 Å². The molecular weight excluding hydrogens is 499 g/mol. The summed E-state index contributed by atoms with van der Waals surface area (Å²) < 4.78 is 61.7. The number of pyridine rings is 1. The molecule has 38 heavy (non-hydrogen) atoms. The van der Waals surface area contributed by atoms with E-state index in [-0.39, 0.29) is 30.3 Å². The zero-order valence-electron chi connectivity index (χ0n) is 20.9. The van der Waals surface area contributed by atoms with Crippen LogP contribution in [0.2, 0.25) is 0 Å². The van der Waals surface area contributed by atoms with E-state index in [0.717, 1.165) is 5.56 Å². The molecule has 0 amide bonds. The number of halogens is 3. The largest absolute Gasteiger partial charge is 0.485 e. The highest BCUT2D eigenvalue weighted by atomic mass is 19.2. The van der Waals surface area contributed by atoms with Crippen molar-refractivity contribution < 1.29 is 32.2 Å². The predicted molar refractivity (Wildman–Crippen MR) is 132 cm³/mol. The first-order valence-electron chi connectivity index (χ1n) is 12.2. The highest BCUT2D eigenvalue weighted by Gasteiger charge is 2.39. The Balaban J connectivity index is 1.66. The molecule has 0 N–H and O–H groups in total. The van der Waals surface area contributed by atoms with Gasteiger partial charge in [0, 0.05) is 19.2 Å². The lowest BCUT2D eigenvalue weighted by molar-refractivity contribution is -0.148. The minimum atomic E-state index is -1.57. The number of rotatable bonds is 9.